The van der Waals surface area contributed by atoms with Gasteiger partial charge in [0.25, 0.3) is 0 Å². The lowest BCUT2D eigenvalue weighted by Crippen LogP contribution is -2.11. The largest absolute Gasteiger partial charge is 0.497 e. The fourth-order valence-corrected chi connectivity index (χ4v) is 2.32. The van der Waals surface area contributed by atoms with Crippen LogP contribution in [0, 0.1) is 5.82 Å². The second-order valence-corrected chi connectivity index (χ2v) is 5.22. The first-order chi connectivity index (χ1) is 11.2. The van der Waals surface area contributed by atoms with E-state index in [0.29, 0.717) is 6.54 Å². The Bertz CT molecular complexity index is 748. The van der Waals surface area contributed by atoms with Crippen LogP contribution in [0.15, 0.2) is 65.1 Å². The van der Waals surface area contributed by atoms with Crippen molar-refractivity contribution in [2.45, 2.75) is 13.1 Å². The molecule has 0 aliphatic rings. The first-order valence-corrected chi connectivity index (χ1v) is 7.43. The summed E-state index contributed by atoms with van der Waals surface area (Å²) in [5, 5.41) is 3.33. The third-order valence-corrected chi connectivity index (χ3v) is 3.58. The molecule has 0 spiro atoms. The van der Waals surface area contributed by atoms with Crippen molar-refractivity contribution in [3.63, 3.8) is 0 Å². The number of rotatable bonds is 6. The van der Waals surface area contributed by atoms with Gasteiger partial charge in [-0.3, -0.25) is 0 Å². The maximum atomic E-state index is 12.9. The predicted octanol–water partition coefficient (Wildman–Crippen LogP) is 4.38. The van der Waals surface area contributed by atoms with Crippen LogP contribution in [0.25, 0.3) is 11.3 Å². The molecule has 0 bridgehead atoms. The smallest absolute Gasteiger partial charge is 0.134 e. The van der Waals surface area contributed by atoms with Gasteiger partial charge in [-0.25, -0.2) is 4.39 Å². The Morgan fingerprint density at radius 2 is 1.65 bits per heavy atom. The average molecular weight is 311 g/mol. The van der Waals surface area contributed by atoms with E-state index < -0.39 is 0 Å². The molecule has 2 aromatic carbocycles. The van der Waals surface area contributed by atoms with Gasteiger partial charge in [0.1, 0.15) is 23.1 Å². The first kappa shape index (κ1) is 15.3. The van der Waals surface area contributed by atoms with Crippen LogP contribution in [-0.2, 0) is 13.1 Å². The van der Waals surface area contributed by atoms with Crippen LogP contribution in [0.4, 0.5) is 4.39 Å². The number of benzene rings is 2. The van der Waals surface area contributed by atoms with Gasteiger partial charge in [0.2, 0.25) is 0 Å². The van der Waals surface area contributed by atoms with E-state index in [4.69, 9.17) is 9.15 Å². The van der Waals surface area contributed by atoms with E-state index in [-0.39, 0.29) is 5.82 Å². The van der Waals surface area contributed by atoms with Gasteiger partial charge in [0, 0.05) is 12.1 Å². The molecular formula is C19H18FNO2. The van der Waals surface area contributed by atoms with Crippen molar-refractivity contribution >= 4 is 0 Å². The van der Waals surface area contributed by atoms with Crippen molar-refractivity contribution in [3.8, 4) is 17.1 Å². The molecule has 3 rings (SSSR count). The lowest BCUT2D eigenvalue weighted by Gasteiger charge is -2.05. The summed E-state index contributed by atoms with van der Waals surface area (Å²) >= 11 is 0. The van der Waals surface area contributed by atoms with Gasteiger partial charge in [-0.2, -0.15) is 0 Å². The number of hydrogen-bond acceptors (Lipinski definition) is 3. The Hall–Kier alpha value is -2.59. The molecule has 0 unspecified atom stereocenters. The third kappa shape index (κ3) is 3.99. The van der Waals surface area contributed by atoms with Gasteiger partial charge in [-0.05, 0) is 54.1 Å². The molecule has 3 nitrogen and oxygen atoms in total. The Kier molecular flexibility index (Phi) is 4.74. The molecule has 1 heterocycles. The highest BCUT2D eigenvalue weighted by Gasteiger charge is 2.05. The molecule has 1 N–H and O–H groups in total. The summed E-state index contributed by atoms with van der Waals surface area (Å²) < 4.78 is 23.8. The summed E-state index contributed by atoms with van der Waals surface area (Å²) in [5.74, 6) is 2.19. The lowest BCUT2D eigenvalue weighted by atomic mass is 10.2. The zero-order chi connectivity index (χ0) is 16.1. The molecule has 0 amide bonds. The second-order valence-electron chi connectivity index (χ2n) is 5.22. The molecule has 3 aromatic rings. The SMILES string of the molecule is COc1ccc(CNCc2ccc(-c3ccc(F)cc3)o2)cc1. The van der Waals surface area contributed by atoms with Crippen molar-refractivity contribution in [2.75, 3.05) is 7.11 Å². The summed E-state index contributed by atoms with van der Waals surface area (Å²) in [7, 11) is 1.66. The van der Waals surface area contributed by atoms with Crippen LogP contribution in [0.3, 0.4) is 0 Å². The number of hydrogen-bond donors (Lipinski definition) is 1. The van der Waals surface area contributed by atoms with Gasteiger partial charge in [-0.1, -0.05) is 12.1 Å². The van der Waals surface area contributed by atoms with Crippen molar-refractivity contribution in [1.82, 2.24) is 5.32 Å². The number of nitrogens with one attached hydrogen (secondary N) is 1. The molecule has 0 aliphatic heterocycles. The molecule has 4 heteroatoms. The number of ether oxygens (including phenoxy) is 1. The van der Waals surface area contributed by atoms with Crippen LogP contribution in [0.1, 0.15) is 11.3 Å². The highest BCUT2D eigenvalue weighted by molar-refractivity contribution is 5.57. The molecule has 0 radical (unpaired) electrons. The van der Waals surface area contributed by atoms with Crippen molar-refractivity contribution < 1.29 is 13.5 Å². The fourth-order valence-electron chi connectivity index (χ4n) is 2.32. The van der Waals surface area contributed by atoms with Gasteiger partial charge >= 0.3 is 0 Å². The minimum absolute atomic E-state index is 0.248. The third-order valence-electron chi connectivity index (χ3n) is 3.58. The molecule has 0 aliphatic carbocycles. The lowest BCUT2D eigenvalue weighted by molar-refractivity contribution is 0.414. The highest BCUT2D eigenvalue weighted by atomic mass is 19.1. The van der Waals surface area contributed by atoms with Crippen LogP contribution < -0.4 is 10.1 Å². The maximum absolute atomic E-state index is 12.9. The molecule has 0 saturated heterocycles. The maximum Gasteiger partial charge on any atom is 0.134 e. The normalized spacial score (nSPS) is 10.7. The molecule has 118 valence electrons. The highest BCUT2D eigenvalue weighted by Crippen LogP contribution is 2.22. The van der Waals surface area contributed by atoms with E-state index in [0.717, 1.165) is 29.4 Å². The molecule has 1 aromatic heterocycles. The molecule has 0 fully saturated rings. The van der Waals surface area contributed by atoms with Crippen LogP contribution >= 0.6 is 0 Å². The van der Waals surface area contributed by atoms with E-state index in [1.54, 1.807) is 19.2 Å². The quantitative estimate of drug-likeness (QED) is 0.733. The van der Waals surface area contributed by atoms with E-state index in [1.165, 1.54) is 17.7 Å². The Morgan fingerprint density at radius 3 is 2.35 bits per heavy atom. The monoisotopic (exact) mass is 311 g/mol. The second kappa shape index (κ2) is 7.11. The number of furan rings is 1. The minimum Gasteiger partial charge on any atom is -0.497 e. The van der Waals surface area contributed by atoms with E-state index in [2.05, 4.69) is 5.32 Å². The standard InChI is InChI=1S/C19H18FNO2/c1-22-17-8-2-14(3-9-17)12-21-13-18-10-11-19(23-18)15-4-6-16(20)7-5-15/h2-11,21H,12-13H2,1H3. The number of halogens is 1. The number of methoxy groups -OCH3 is 1. The summed E-state index contributed by atoms with van der Waals surface area (Å²) in [6.45, 7) is 1.38. The van der Waals surface area contributed by atoms with Crippen molar-refractivity contribution in [2.24, 2.45) is 0 Å². The van der Waals surface area contributed by atoms with Crippen molar-refractivity contribution in [3.05, 3.63) is 77.8 Å². The fraction of sp³-hybridized carbons (Fsp3) is 0.158. The summed E-state index contributed by atoms with van der Waals surface area (Å²) in [6, 6.07) is 18.0. The Balaban J connectivity index is 1.55. The van der Waals surface area contributed by atoms with Gasteiger partial charge < -0.3 is 14.5 Å². The van der Waals surface area contributed by atoms with Crippen LogP contribution in [0.5, 0.6) is 5.75 Å². The summed E-state index contributed by atoms with van der Waals surface area (Å²) in [5.41, 5.74) is 2.05. The average Bonchev–Trinajstić information content (AvgIpc) is 3.05. The van der Waals surface area contributed by atoms with Gasteiger partial charge in [0.15, 0.2) is 0 Å². The van der Waals surface area contributed by atoms with E-state index in [9.17, 15) is 4.39 Å². The van der Waals surface area contributed by atoms with E-state index in [1.807, 2.05) is 36.4 Å². The molecule has 0 atom stereocenters. The van der Waals surface area contributed by atoms with Gasteiger partial charge in [0.05, 0.1) is 13.7 Å². The minimum atomic E-state index is -0.248. The predicted molar refractivity (Wildman–Crippen MR) is 87.6 cm³/mol. The van der Waals surface area contributed by atoms with Gasteiger partial charge in [-0.15, -0.1) is 0 Å². The molecule has 23 heavy (non-hydrogen) atoms. The topological polar surface area (TPSA) is 34.4 Å². The zero-order valence-corrected chi connectivity index (χ0v) is 12.9. The Labute approximate surface area is 134 Å². The summed E-state index contributed by atoms with van der Waals surface area (Å²) in [6.07, 6.45) is 0. The zero-order valence-electron chi connectivity index (χ0n) is 12.9. The van der Waals surface area contributed by atoms with Crippen molar-refractivity contribution in [1.29, 1.82) is 0 Å². The van der Waals surface area contributed by atoms with Crippen LogP contribution in [0.2, 0.25) is 0 Å². The molecular weight excluding hydrogens is 293 g/mol. The van der Waals surface area contributed by atoms with E-state index >= 15 is 0 Å². The molecule has 0 saturated carbocycles. The van der Waals surface area contributed by atoms with Crippen LogP contribution in [-0.4, -0.2) is 7.11 Å². The first-order valence-electron chi connectivity index (χ1n) is 7.43. The summed E-state index contributed by atoms with van der Waals surface area (Å²) in [4.78, 5) is 0. The Morgan fingerprint density at radius 1 is 0.913 bits per heavy atom.